The standard InChI is InChI=1S/C29H26N2O/c1-22(2)32-31-27-21-13-12-20-26(27)28(30-25-18-10-5-11-19-25)29(31,23-14-6-3-7-15-23)24-16-8-4-9-17-24/h3-22H,1-2H3. The van der Waals surface area contributed by atoms with Gasteiger partial charge in [0.1, 0.15) is 0 Å². The van der Waals surface area contributed by atoms with E-state index in [0.717, 1.165) is 33.8 Å². The molecule has 5 rings (SSSR count). The monoisotopic (exact) mass is 418 g/mol. The Balaban J connectivity index is 1.90. The predicted molar refractivity (Wildman–Crippen MR) is 131 cm³/mol. The van der Waals surface area contributed by atoms with Crippen molar-refractivity contribution in [1.29, 1.82) is 0 Å². The number of nitrogens with zero attached hydrogens (tertiary/aromatic N) is 2. The average Bonchev–Trinajstić information content (AvgIpc) is 3.10. The number of benzene rings is 4. The molecular formula is C29H26N2O. The first-order chi connectivity index (χ1) is 15.7. The Kier molecular flexibility index (Phi) is 5.34. The lowest BCUT2D eigenvalue weighted by Crippen LogP contribution is -2.50. The van der Waals surface area contributed by atoms with E-state index < -0.39 is 5.54 Å². The van der Waals surface area contributed by atoms with Gasteiger partial charge in [0.25, 0.3) is 0 Å². The lowest BCUT2D eigenvalue weighted by Gasteiger charge is -2.41. The number of aliphatic imine (C=N–C) groups is 1. The van der Waals surface area contributed by atoms with Crippen LogP contribution < -0.4 is 5.06 Å². The summed E-state index contributed by atoms with van der Waals surface area (Å²) < 4.78 is 0. The molecule has 1 aliphatic heterocycles. The zero-order chi connectivity index (χ0) is 22.0. The van der Waals surface area contributed by atoms with Gasteiger partial charge >= 0.3 is 0 Å². The minimum atomic E-state index is -0.730. The third-order valence-corrected chi connectivity index (χ3v) is 5.72. The van der Waals surface area contributed by atoms with Crippen molar-refractivity contribution < 1.29 is 4.84 Å². The molecule has 32 heavy (non-hydrogen) atoms. The first-order valence-corrected chi connectivity index (χ1v) is 11.0. The van der Waals surface area contributed by atoms with Gasteiger partial charge in [-0.2, -0.15) is 0 Å². The maximum Gasteiger partial charge on any atom is 0.160 e. The van der Waals surface area contributed by atoms with Crippen molar-refractivity contribution in [2.24, 2.45) is 4.99 Å². The van der Waals surface area contributed by atoms with Gasteiger partial charge in [0, 0.05) is 5.56 Å². The summed E-state index contributed by atoms with van der Waals surface area (Å²) in [7, 11) is 0. The molecule has 0 atom stereocenters. The summed E-state index contributed by atoms with van der Waals surface area (Å²) in [4.78, 5) is 11.8. The average molecular weight is 419 g/mol. The first kappa shape index (κ1) is 20.2. The highest BCUT2D eigenvalue weighted by molar-refractivity contribution is 6.19. The fraction of sp³-hybridized carbons (Fsp3) is 0.138. The lowest BCUT2D eigenvalue weighted by molar-refractivity contribution is 0.0356. The van der Waals surface area contributed by atoms with Gasteiger partial charge < -0.3 is 0 Å². The molecule has 0 spiro atoms. The minimum absolute atomic E-state index is 0.00840. The van der Waals surface area contributed by atoms with Crippen molar-refractivity contribution in [3.8, 4) is 0 Å². The lowest BCUT2D eigenvalue weighted by atomic mass is 9.78. The summed E-state index contributed by atoms with van der Waals surface area (Å²) in [5, 5.41) is 2.07. The van der Waals surface area contributed by atoms with E-state index in [1.54, 1.807) is 0 Å². The van der Waals surface area contributed by atoms with Crippen LogP contribution in [0.25, 0.3) is 0 Å². The van der Waals surface area contributed by atoms with Crippen LogP contribution in [-0.2, 0) is 10.4 Å². The molecule has 0 aromatic heterocycles. The summed E-state index contributed by atoms with van der Waals surface area (Å²) in [5.41, 5.74) is 5.45. The Hall–Kier alpha value is -3.69. The van der Waals surface area contributed by atoms with Crippen molar-refractivity contribution in [2.45, 2.75) is 25.5 Å². The van der Waals surface area contributed by atoms with Crippen molar-refractivity contribution in [3.05, 3.63) is 132 Å². The van der Waals surface area contributed by atoms with E-state index in [0.29, 0.717) is 0 Å². The molecule has 0 N–H and O–H groups in total. The number of para-hydroxylation sites is 2. The molecule has 4 aromatic carbocycles. The molecular weight excluding hydrogens is 392 g/mol. The highest BCUT2D eigenvalue weighted by Gasteiger charge is 2.53. The molecule has 3 nitrogen and oxygen atoms in total. The van der Waals surface area contributed by atoms with Crippen LogP contribution in [0.4, 0.5) is 11.4 Å². The topological polar surface area (TPSA) is 24.8 Å². The zero-order valence-electron chi connectivity index (χ0n) is 18.3. The molecule has 0 aliphatic carbocycles. The van der Waals surface area contributed by atoms with Crippen molar-refractivity contribution in [1.82, 2.24) is 0 Å². The van der Waals surface area contributed by atoms with E-state index in [2.05, 4.69) is 91.7 Å². The maximum atomic E-state index is 6.58. The Morgan fingerprint density at radius 1 is 0.656 bits per heavy atom. The van der Waals surface area contributed by atoms with Crippen LogP contribution in [0.2, 0.25) is 0 Å². The SMILES string of the molecule is CC(C)ON1c2ccccc2C(=Nc2ccccc2)C1(c1ccccc1)c1ccccc1. The molecule has 158 valence electrons. The van der Waals surface area contributed by atoms with Gasteiger partial charge in [-0.15, -0.1) is 0 Å². The fourth-order valence-corrected chi connectivity index (χ4v) is 4.48. The molecule has 0 amide bonds. The van der Waals surface area contributed by atoms with Gasteiger partial charge in [-0.1, -0.05) is 97.1 Å². The molecule has 0 radical (unpaired) electrons. The summed E-state index contributed by atoms with van der Waals surface area (Å²) >= 11 is 0. The second-order valence-electron chi connectivity index (χ2n) is 8.20. The molecule has 3 heteroatoms. The maximum absolute atomic E-state index is 6.58. The van der Waals surface area contributed by atoms with Crippen LogP contribution in [-0.4, -0.2) is 11.8 Å². The molecule has 1 heterocycles. The second-order valence-corrected chi connectivity index (χ2v) is 8.20. The smallest absolute Gasteiger partial charge is 0.160 e. The number of rotatable bonds is 5. The molecule has 0 bridgehead atoms. The summed E-state index contributed by atoms with van der Waals surface area (Å²) in [6.45, 7) is 4.13. The Bertz CT molecular complexity index is 1180. The number of hydroxylamine groups is 1. The van der Waals surface area contributed by atoms with E-state index in [9.17, 15) is 0 Å². The van der Waals surface area contributed by atoms with E-state index in [1.807, 2.05) is 42.5 Å². The quantitative estimate of drug-likeness (QED) is 0.352. The van der Waals surface area contributed by atoms with Crippen LogP contribution in [0.5, 0.6) is 0 Å². The third-order valence-electron chi connectivity index (χ3n) is 5.72. The molecule has 0 saturated carbocycles. The second kappa shape index (κ2) is 8.45. The zero-order valence-corrected chi connectivity index (χ0v) is 18.3. The van der Waals surface area contributed by atoms with Crippen LogP contribution in [0.3, 0.4) is 0 Å². The predicted octanol–water partition coefficient (Wildman–Crippen LogP) is 6.91. The van der Waals surface area contributed by atoms with Gasteiger partial charge in [-0.25, -0.2) is 10.1 Å². The highest BCUT2D eigenvalue weighted by Crippen LogP contribution is 2.50. The Morgan fingerprint density at radius 3 is 1.72 bits per heavy atom. The molecule has 0 unspecified atom stereocenters. The number of hydrogen-bond acceptors (Lipinski definition) is 3. The van der Waals surface area contributed by atoms with Gasteiger partial charge in [0.05, 0.1) is 23.2 Å². The number of anilines is 1. The van der Waals surface area contributed by atoms with Gasteiger partial charge in [0.15, 0.2) is 5.54 Å². The molecule has 1 aliphatic rings. The molecule has 0 saturated heterocycles. The summed E-state index contributed by atoms with van der Waals surface area (Å²) in [6.07, 6.45) is -0.00840. The van der Waals surface area contributed by atoms with Crippen LogP contribution in [0.15, 0.2) is 120 Å². The van der Waals surface area contributed by atoms with E-state index in [-0.39, 0.29) is 6.10 Å². The number of hydrogen-bond donors (Lipinski definition) is 0. The highest BCUT2D eigenvalue weighted by atomic mass is 16.7. The van der Waals surface area contributed by atoms with Crippen LogP contribution >= 0.6 is 0 Å². The fourth-order valence-electron chi connectivity index (χ4n) is 4.48. The van der Waals surface area contributed by atoms with E-state index in [4.69, 9.17) is 9.83 Å². The van der Waals surface area contributed by atoms with E-state index in [1.165, 1.54) is 0 Å². The summed E-state index contributed by atoms with van der Waals surface area (Å²) in [5.74, 6) is 0. The first-order valence-electron chi connectivity index (χ1n) is 11.0. The van der Waals surface area contributed by atoms with Gasteiger partial charge in [0.2, 0.25) is 0 Å². The molecule has 4 aromatic rings. The molecule has 0 fully saturated rings. The Morgan fingerprint density at radius 2 is 1.16 bits per heavy atom. The normalized spacial score (nSPS) is 15.8. The van der Waals surface area contributed by atoms with Crippen LogP contribution in [0.1, 0.15) is 30.5 Å². The third kappa shape index (κ3) is 3.31. The number of fused-ring (bicyclic) bond motifs is 1. The Labute approximate surface area is 189 Å². The van der Waals surface area contributed by atoms with Crippen molar-refractivity contribution in [3.63, 3.8) is 0 Å². The minimum Gasteiger partial charge on any atom is -0.269 e. The van der Waals surface area contributed by atoms with Crippen LogP contribution in [0, 0.1) is 0 Å². The van der Waals surface area contributed by atoms with E-state index >= 15 is 0 Å². The van der Waals surface area contributed by atoms with Gasteiger partial charge in [-0.3, -0.25) is 4.84 Å². The largest absolute Gasteiger partial charge is 0.269 e. The van der Waals surface area contributed by atoms with Gasteiger partial charge in [-0.05, 0) is 43.2 Å². The van der Waals surface area contributed by atoms with Crippen molar-refractivity contribution in [2.75, 3.05) is 5.06 Å². The summed E-state index contributed by atoms with van der Waals surface area (Å²) in [6, 6.07) is 39.6. The van der Waals surface area contributed by atoms with Crippen molar-refractivity contribution >= 4 is 17.1 Å².